The molecule has 1 N–H and O–H groups in total. The molecule has 5 heteroatoms. The van der Waals surface area contributed by atoms with Crippen molar-refractivity contribution < 1.29 is 14.6 Å². The molecule has 0 saturated heterocycles. The summed E-state index contributed by atoms with van der Waals surface area (Å²) in [6.45, 7) is 9.72. The molecule has 0 aromatic heterocycles. The molecule has 0 aromatic carbocycles. The summed E-state index contributed by atoms with van der Waals surface area (Å²) in [6, 6.07) is 0. The van der Waals surface area contributed by atoms with Crippen LogP contribution in [0.25, 0.3) is 0 Å². The maximum absolute atomic E-state index is 11.3. The monoisotopic (exact) mass is 274 g/mol. The third-order valence-electron chi connectivity index (χ3n) is 2.66. The lowest BCUT2D eigenvalue weighted by atomic mass is 10.1. The number of esters is 1. The molecule has 0 amide bonds. The van der Waals surface area contributed by atoms with E-state index in [0.717, 1.165) is 19.6 Å². The van der Waals surface area contributed by atoms with Gasteiger partial charge in [-0.2, -0.15) is 0 Å². The lowest BCUT2D eigenvalue weighted by molar-refractivity contribution is -0.145. The Morgan fingerprint density at radius 2 is 1.84 bits per heavy atom. The minimum Gasteiger partial charge on any atom is -0.466 e. The second-order valence-corrected chi connectivity index (χ2v) is 5.62. The van der Waals surface area contributed by atoms with Gasteiger partial charge in [-0.15, -0.1) is 0 Å². The number of likely N-dealkylation sites (N-methyl/N-ethyl adjacent to an activating group) is 1. The molecule has 0 rings (SSSR count). The van der Waals surface area contributed by atoms with Gasteiger partial charge in [0.25, 0.3) is 0 Å². The normalized spacial score (nSPS) is 13.3. The van der Waals surface area contributed by atoms with Gasteiger partial charge < -0.3 is 14.7 Å². The van der Waals surface area contributed by atoms with Crippen LogP contribution in [0.3, 0.4) is 0 Å². The van der Waals surface area contributed by atoms with Gasteiger partial charge in [0.2, 0.25) is 0 Å². The molecule has 5 nitrogen and oxygen atoms in total. The number of ether oxygens (including phenoxy) is 1. The van der Waals surface area contributed by atoms with Gasteiger partial charge >= 0.3 is 5.97 Å². The van der Waals surface area contributed by atoms with Gasteiger partial charge in [-0.3, -0.25) is 9.69 Å². The van der Waals surface area contributed by atoms with Crippen LogP contribution in [-0.4, -0.2) is 73.9 Å². The highest BCUT2D eigenvalue weighted by atomic mass is 16.5. The highest BCUT2D eigenvalue weighted by Gasteiger charge is 2.16. The Balaban J connectivity index is 4.17. The van der Waals surface area contributed by atoms with Crippen LogP contribution in [0.1, 0.15) is 27.2 Å². The van der Waals surface area contributed by atoms with Crippen molar-refractivity contribution in [2.75, 3.05) is 46.9 Å². The van der Waals surface area contributed by atoms with Gasteiger partial charge in [-0.05, 0) is 26.9 Å². The summed E-state index contributed by atoms with van der Waals surface area (Å²) < 4.78 is 4.85. The van der Waals surface area contributed by atoms with E-state index in [-0.39, 0.29) is 12.4 Å². The van der Waals surface area contributed by atoms with E-state index in [0.29, 0.717) is 19.1 Å². The van der Waals surface area contributed by atoms with Crippen LogP contribution in [0.15, 0.2) is 0 Å². The highest BCUT2D eigenvalue weighted by Crippen LogP contribution is 2.03. The third-order valence-corrected chi connectivity index (χ3v) is 2.66. The number of carbonyl (C=O) groups excluding carboxylic acids is 1. The molecule has 0 fully saturated rings. The van der Waals surface area contributed by atoms with Crippen molar-refractivity contribution in [3.8, 4) is 0 Å². The second-order valence-electron chi connectivity index (χ2n) is 5.62. The van der Waals surface area contributed by atoms with Gasteiger partial charge in [0.05, 0.1) is 19.1 Å². The average Bonchev–Trinajstić information content (AvgIpc) is 2.25. The number of hydrogen-bond donors (Lipinski definition) is 1. The summed E-state index contributed by atoms with van der Waals surface area (Å²) in [5.41, 5.74) is 0. The van der Waals surface area contributed by atoms with Crippen LogP contribution in [0.5, 0.6) is 0 Å². The zero-order valence-corrected chi connectivity index (χ0v) is 13.1. The van der Waals surface area contributed by atoms with Gasteiger partial charge in [0.1, 0.15) is 0 Å². The molecule has 0 aromatic rings. The summed E-state index contributed by atoms with van der Waals surface area (Å²) in [5.74, 6) is 0.212. The topological polar surface area (TPSA) is 53.0 Å². The maximum atomic E-state index is 11.3. The van der Waals surface area contributed by atoms with Crippen LogP contribution in [0.2, 0.25) is 0 Å². The number of carbonyl (C=O) groups is 1. The minimum atomic E-state index is -0.653. The average molecular weight is 274 g/mol. The molecule has 0 heterocycles. The number of nitrogens with zero attached hydrogens (tertiary/aromatic N) is 2. The smallest absolute Gasteiger partial charge is 0.308 e. The first-order valence-corrected chi connectivity index (χ1v) is 7.05. The fourth-order valence-corrected chi connectivity index (χ4v) is 1.89. The summed E-state index contributed by atoms with van der Waals surface area (Å²) in [7, 11) is 4.06. The SMILES string of the molecule is CCOC(=O)CC(O)CN(CCN(C)C)CC(C)C. The lowest BCUT2D eigenvalue weighted by Gasteiger charge is -2.27. The van der Waals surface area contributed by atoms with E-state index in [9.17, 15) is 9.90 Å². The van der Waals surface area contributed by atoms with Crippen LogP contribution in [0.4, 0.5) is 0 Å². The van der Waals surface area contributed by atoms with Gasteiger partial charge in [0, 0.05) is 26.2 Å². The number of rotatable bonds is 10. The molecule has 0 bridgehead atoms. The van der Waals surface area contributed by atoms with Crippen LogP contribution >= 0.6 is 0 Å². The largest absolute Gasteiger partial charge is 0.466 e. The van der Waals surface area contributed by atoms with Gasteiger partial charge in [-0.25, -0.2) is 0 Å². The Morgan fingerprint density at radius 1 is 1.21 bits per heavy atom. The first kappa shape index (κ1) is 18.4. The van der Waals surface area contributed by atoms with E-state index in [2.05, 4.69) is 23.6 Å². The van der Waals surface area contributed by atoms with Crippen molar-refractivity contribution in [3.63, 3.8) is 0 Å². The van der Waals surface area contributed by atoms with Crippen molar-refractivity contribution in [3.05, 3.63) is 0 Å². The van der Waals surface area contributed by atoms with E-state index >= 15 is 0 Å². The number of aliphatic hydroxyl groups is 1. The fraction of sp³-hybridized carbons (Fsp3) is 0.929. The van der Waals surface area contributed by atoms with Crippen LogP contribution in [0, 0.1) is 5.92 Å². The zero-order chi connectivity index (χ0) is 14.8. The van der Waals surface area contributed by atoms with Crippen molar-refractivity contribution in [1.82, 2.24) is 9.80 Å². The molecule has 0 aliphatic heterocycles. The minimum absolute atomic E-state index is 0.0738. The summed E-state index contributed by atoms with van der Waals surface area (Å²) >= 11 is 0. The van der Waals surface area contributed by atoms with Crippen molar-refractivity contribution >= 4 is 5.97 Å². The van der Waals surface area contributed by atoms with E-state index in [1.807, 2.05) is 14.1 Å². The molecule has 19 heavy (non-hydrogen) atoms. The molecule has 1 unspecified atom stereocenters. The standard InChI is InChI=1S/C14H30N2O3/c1-6-19-14(18)9-13(17)11-16(10-12(2)3)8-7-15(4)5/h12-13,17H,6-11H2,1-5H3. The van der Waals surface area contributed by atoms with E-state index in [1.54, 1.807) is 6.92 Å². The Morgan fingerprint density at radius 3 is 2.32 bits per heavy atom. The molecule has 0 aliphatic rings. The summed E-state index contributed by atoms with van der Waals surface area (Å²) in [5, 5.41) is 9.94. The Bertz CT molecular complexity index is 245. The summed E-state index contributed by atoms with van der Waals surface area (Å²) in [6.07, 6.45) is -0.579. The quantitative estimate of drug-likeness (QED) is 0.598. The van der Waals surface area contributed by atoms with E-state index < -0.39 is 6.10 Å². The lowest BCUT2D eigenvalue weighted by Crippen LogP contribution is -2.40. The molecule has 0 saturated carbocycles. The summed E-state index contributed by atoms with van der Waals surface area (Å²) in [4.78, 5) is 15.6. The first-order chi connectivity index (χ1) is 8.85. The van der Waals surface area contributed by atoms with Crippen LogP contribution < -0.4 is 0 Å². The van der Waals surface area contributed by atoms with Crippen LogP contribution in [-0.2, 0) is 9.53 Å². The maximum Gasteiger partial charge on any atom is 0.308 e. The second kappa shape index (κ2) is 10.2. The van der Waals surface area contributed by atoms with Crippen molar-refractivity contribution in [1.29, 1.82) is 0 Å². The molecule has 0 radical (unpaired) electrons. The Labute approximate surface area is 117 Å². The fourth-order valence-electron chi connectivity index (χ4n) is 1.89. The van der Waals surface area contributed by atoms with Crippen molar-refractivity contribution in [2.24, 2.45) is 5.92 Å². The third kappa shape index (κ3) is 10.9. The zero-order valence-electron chi connectivity index (χ0n) is 13.1. The molecule has 1 atom stereocenters. The molecule has 114 valence electrons. The predicted octanol–water partition coefficient (Wildman–Crippen LogP) is 0.820. The number of aliphatic hydroxyl groups excluding tert-OH is 1. The highest BCUT2D eigenvalue weighted by molar-refractivity contribution is 5.69. The van der Waals surface area contributed by atoms with E-state index in [1.165, 1.54) is 0 Å². The molecular formula is C14H30N2O3. The van der Waals surface area contributed by atoms with E-state index in [4.69, 9.17) is 4.74 Å². The Hall–Kier alpha value is -0.650. The Kier molecular flexibility index (Phi) is 9.83. The molecular weight excluding hydrogens is 244 g/mol. The molecule has 0 aliphatic carbocycles. The first-order valence-electron chi connectivity index (χ1n) is 7.05. The number of hydrogen-bond acceptors (Lipinski definition) is 5. The van der Waals surface area contributed by atoms with Gasteiger partial charge in [0.15, 0.2) is 0 Å². The predicted molar refractivity (Wildman–Crippen MR) is 77.1 cm³/mol. The van der Waals surface area contributed by atoms with Crippen molar-refractivity contribution in [2.45, 2.75) is 33.3 Å². The molecule has 0 spiro atoms. The van der Waals surface area contributed by atoms with Gasteiger partial charge in [-0.1, -0.05) is 13.8 Å².